The highest BCUT2D eigenvalue weighted by atomic mass is 16.2. The van der Waals surface area contributed by atoms with Gasteiger partial charge in [0.1, 0.15) is 0 Å². The molecule has 0 aromatic heterocycles. The van der Waals surface area contributed by atoms with Gasteiger partial charge in [-0.3, -0.25) is 9.59 Å². The fourth-order valence-corrected chi connectivity index (χ4v) is 4.04. The summed E-state index contributed by atoms with van der Waals surface area (Å²) in [6.45, 7) is 16.3. The van der Waals surface area contributed by atoms with Gasteiger partial charge in [0.25, 0.3) is 0 Å². The summed E-state index contributed by atoms with van der Waals surface area (Å²) < 4.78 is 0. The standard InChI is InChI=1S/C22H24O2/c1-9-11(3)15(7)19-17(13(9)5)18-14(6)10(2)12(4)16(8)20(18)22(24)21(19)23/h1-8H3. The van der Waals surface area contributed by atoms with Crippen molar-refractivity contribution in [3.8, 4) is 11.1 Å². The van der Waals surface area contributed by atoms with Gasteiger partial charge in [-0.1, -0.05) is 0 Å². The summed E-state index contributed by atoms with van der Waals surface area (Å²) in [6.07, 6.45) is 0. The minimum Gasteiger partial charge on any atom is -0.285 e. The van der Waals surface area contributed by atoms with Crippen molar-refractivity contribution in [2.45, 2.75) is 55.4 Å². The van der Waals surface area contributed by atoms with Gasteiger partial charge in [-0.2, -0.15) is 0 Å². The molecule has 0 radical (unpaired) electrons. The number of hydrogen-bond acceptors (Lipinski definition) is 2. The minimum absolute atomic E-state index is 0.355. The number of rotatable bonds is 0. The molecule has 2 aromatic rings. The number of carbonyl (C=O) groups excluding carboxylic acids is 2. The zero-order valence-electron chi connectivity index (χ0n) is 15.8. The lowest BCUT2D eigenvalue weighted by Gasteiger charge is -2.29. The largest absolute Gasteiger partial charge is 0.285 e. The van der Waals surface area contributed by atoms with E-state index >= 15 is 0 Å². The highest BCUT2D eigenvalue weighted by Gasteiger charge is 2.37. The van der Waals surface area contributed by atoms with Crippen LogP contribution in [-0.4, -0.2) is 11.6 Å². The smallest absolute Gasteiger partial charge is 0.234 e. The number of ketones is 2. The van der Waals surface area contributed by atoms with Crippen molar-refractivity contribution in [3.63, 3.8) is 0 Å². The Morgan fingerprint density at radius 2 is 0.542 bits per heavy atom. The summed E-state index contributed by atoms with van der Waals surface area (Å²) in [5, 5.41) is 0. The lowest BCUT2D eigenvalue weighted by atomic mass is 9.73. The van der Waals surface area contributed by atoms with Crippen LogP contribution in [0.3, 0.4) is 0 Å². The van der Waals surface area contributed by atoms with Gasteiger partial charge >= 0.3 is 0 Å². The maximum atomic E-state index is 12.9. The third kappa shape index (κ3) is 1.83. The van der Waals surface area contributed by atoms with Crippen LogP contribution in [0.4, 0.5) is 0 Å². The summed E-state index contributed by atoms with van der Waals surface area (Å²) in [5.74, 6) is -0.709. The number of carbonyl (C=O) groups is 2. The Hall–Kier alpha value is -2.22. The van der Waals surface area contributed by atoms with E-state index in [-0.39, 0.29) is 11.6 Å². The first-order chi connectivity index (χ1) is 11.1. The summed E-state index contributed by atoms with van der Waals surface area (Å²) in [7, 11) is 0. The third-order valence-electron chi connectivity index (χ3n) is 6.29. The molecular weight excluding hydrogens is 296 g/mol. The molecule has 0 aliphatic heterocycles. The van der Waals surface area contributed by atoms with E-state index in [0.717, 1.165) is 44.5 Å². The number of hydrogen-bond donors (Lipinski definition) is 0. The van der Waals surface area contributed by atoms with Crippen molar-refractivity contribution in [2.75, 3.05) is 0 Å². The molecule has 24 heavy (non-hydrogen) atoms. The molecule has 0 atom stereocenters. The Labute approximate surface area is 143 Å². The molecule has 1 aliphatic rings. The van der Waals surface area contributed by atoms with Crippen molar-refractivity contribution >= 4 is 11.6 Å². The zero-order chi connectivity index (χ0) is 18.1. The van der Waals surface area contributed by atoms with Gasteiger partial charge in [0.05, 0.1) is 0 Å². The molecule has 1 aliphatic carbocycles. The van der Waals surface area contributed by atoms with Crippen LogP contribution in [0, 0.1) is 55.4 Å². The van der Waals surface area contributed by atoms with Crippen LogP contribution < -0.4 is 0 Å². The highest BCUT2D eigenvalue weighted by Crippen LogP contribution is 2.44. The summed E-state index contributed by atoms with van der Waals surface area (Å²) in [5.41, 5.74) is 11.9. The first kappa shape index (κ1) is 16.6. The van der Waals surface area contributed by atoms with E-state index in [1.807, 2.05) is 27.7 Å². The van der Waals surface area contributed by atoms with Gasteiger partial charge < -0.3 is 0 Å². The second kappa shape index (κ2) is 5.14. The Morgan fingerprint density at radius 1 is 0.333 bits per heavy atom. The average molecular weight is 320 g/mol. The molecule has 0 unspecified atom stereocenters. The lowest BCUT2D eigenvalue weighted by molar-refractivity contribution is 0.0814. The lowest BCUT2D eigenvalue weighted by Crippen LogP contribution is -2.26. The molecule has 0 heterocycles. The molecule has 0 saturated carbocycles. The summed E-state index contributed by atoms with van der Waals surface area (Å²) in [4.78, 5) is 25.9. The average Bonchev–Trinajstić information content (AvgIpc) is 2.56. The van der Waals surface area contributed by atoms with E-state index in [4.69, 9.17) is 0 Å². The molecule has 0 saturated heterocycles. The van der Waals surface area contributed by atoms with Crippen molar-refractivity contribution in [1.29, 1.82) is 0 Å². The normalized spacial score (nSPS) is 13.2. The van der Waals surface area contributed by atoms with Crippen LogP contribution in [0.15, 0.2) is 0 Å². The van der Waals surface area contributed by atoms with Gasteiger partial charge in [-0.15, -0.1) is 0 Å². The first-order valence-corrected chi connectivity index (χ1v) is 8.41. The molecule has 0 N–H and O–H groups in total. The Morgan fingerprint density at radius 3 is 0.792 bits per heavy atom. The van der Waals surface area contributed by atoms with Gasteiger partial charge in [-0.05, 0) is 111 Å². The maximum Gasteiger partial charge on any atom is 0.234 e. The van der Waals surface area contributed by atoms with Crippen molar-refractivity contribution in [3.05, 3.63) is 55.6 Å². The predicted octanol–water partition coefficient (Wildman–Crippen LogP) is 5.20. The molecule has 3 rings (SSSR count). The molecule has 2 heteroatoms. The first-order valence-electron chi connectivity index (χ1n) is 8.41. The van der Waals surface area contributed by atoms with E-state index in [1.165, 1.54) is 11.1 Å². The second-order valence-corrected chi connectivity index (χ2v) is 7.16. The quantitative estimate of drug-likeness (QED) is 0.625. The number of Topliss-reactive ketones (excluding diaryl/α,β-unsaturated/α-hetero) is 2. The fourth-order valence-electron chi connectivity index (χ4n) is 4.04. The van der Waals surface area contributed by atoms with E-state index in [2.05, 4.69) is 27.7 Å². The number of fused-ring (bicyclic) bond motifs is 3. The molecule has 0 bridgehead atoms. The van der Waals surface area contributed by atoms with Crippen LogP contribution >= 0.6 is 0 Å². The van der Waals surface area contributed by atoms with E-state index in [1.54, 1.807) is 0 Å². The van der Waals surface area contributed by atoms with Crippen molar-refractivity contribution in [2.24, 2.45) is 0 Å². The van der Waals surface area contributed by atoms with Gasteiger partial charge in [0.2, 0.25) is 11.6 Å². The van der Waals surface area contributed by atoms with Crippen LogP contribution in [0.25, 0.3) is 11.1 Å². The Bertz CT molecular complexity index is 880. The van der Waals surface area contributed by atoms with Gasteiger partial charge in [0, 0.05) is 11.1 Å². The molecular formula is C22H24O2. The summed E-state index contributed by atoms with van der Waals surface area (Å²) >= 11 is 0. The highest BCUT2D eigenvalue weighted by molar-refractivity contribution is 6.53. The van der Waals surface area contributed by atoms with E-state index < -0.39 is 0 Å². The van der Waals surface area contributed by atoms with E-state index in [9.17, 15) is 9.59 Å². The molecule has 0 spiro atoms. The van der Waals surface area contributed by atoms with E-state index in [0.29, 0.717) is 11.1 Å². The second-order valence-electron chi connectivity index (χ2n) is 7.16. The number of benzene rings is 2. The van der Waals surface area contributed by atoms with Crippen molar-refractivity contribution in [1.82, 2.24) is 0 Å². The molecule has 124 valence electrons. The topological polar surface area (TPSA) is 34.1 Å². The van der Waals surface area contributed by atoms with Crippen LogP contribution in [0.2, 0.25) is 0 Å². The SMILES string of the molecule is Cc1c(C)c(C)c2c(c1C)C(=O)C(=O)c1c(C)c(C)c(C)c(C)c1-2. The Kier molecular flexibility index (Phi) is 3.56. The summed E-state index contributed by atoms with van der Waals surface area (Å²) in [6, 6.07) is 0. The molecule has 0 fully saturated rings. The van der Waals surface area contributed by atoms with Gasteiger partial charge in [0.15, 0.2) is 0 Å². The zero-order valence-corrected chi connectivity index (χ0v) is 15.8. The molecule has 2 aromatic carbocycles. The van der Waals surface area contributed by atoms with Crippen LogP contribution in [0.1, 0.15) is 65.2 Å². The third-order valence-corrected chi connectivity index (χ3v) is 6.29. The fraction of sp³-hybridized carbons (Fsp3) is 0.364. The Balaban J connectivity index is 2.65. The minimum atomic E-state index is -0.355. The monoisotopic (exact) mass is 320 g/mol. The molecule has 0 amide bonds. The van der Waals surface area contributed by atoms with Crippen LogP contribution in [0.5, 0.6) is 0 Å². The van der Waals surface area contributed by atoms with Gasteiger partial charge in [-0.25, -0.2) is 0 Å². The van der Waals surface area contributed by atoms with Crippen LogP contribution in [-0.2, 0) is 0 Å². The maximum absolute atomic E-state index is 12.9. The van der Waals surface area contributed by atoms with Crippen molar-refractivity contribution < 1.29 is 9.59 Å². The molecule has 2 nitrogen and oxygen atoms in total. The predicted molar refractivity (Wildman–Crippen MR) is 98.4 cm³/mol.